The van der Waals surface area contributed by atoms with E-state index in [4.69, 9.17) is 28.0 Å². The number of carboxylic acid groups (broad SMARTS) is 1. The predicted octanol–water partition coefficient (Wildman–Crippen LogP) is -5.20. The minimum absolute atomic E-state index is 0.140. The van der Waals surface area contributed by atoms with Crippen molar-refractivity contribution in [3.05, 3.63) is 0 Å². The molecule has 180 valence electrons. The number of hydrogen-bond acceptors (Lipinski definition) is 9. The topological polar surface area (TPSA) is 280 Å². The number of thiol groups is 1. The van der Waals surface area contributed by atoms with Crippen LogP contribution in [0, 0.1) is 0 Å². The molecule has 0 rings (SSSR count). The number of rotatable bonds is 15. The van der Waals surface area contributed by atoms with E-state index in [0.717, 1.165) is 0 Å². The molecule has 0 aromatic carbocycles. The lowest BCUT2D eigenvalue weighted by atomic mass is 10.1. The summed E-state index contributed by atoms with van der Waals surface area (Å²) in [6, 6.07) is -5.90. The number of hydrogen-bond donors (Lipinski definition) is 9. The third-order valence-electron chi connectivity index (χ3n) is 3.91. The molecule has 4 unspecified atom stereocenters. The molecule has 0 bridgehead atoms. The fourth-order valence-corrected chi connectivity index (χ4v) is 2.51. The van der Waals surface area contributed by atoms with E-state index < -0.39 is 78.4 Å². The van der Waals surface area contributed by atoms with E-state index in [1.54, 1.807) is 0 Å². The molecule has 12 N–H and O–H groups in total. The molecule has 0 saturated carbocycles. The van der Waals surface area contributed by atoms with Gasteiger partial charge in [-0.25, -0.2) is 4.79 Å². The maximum atomic E-state index is 12.6. The third-order valence-corrected chi connectivity index (χ3v) is 4.28. The SMILES string of the molecule is NC(=O)CCC(N)C(=O)NC(CC(N)=O)C(=O)NC(CC(N)=O)C(=O)NC(CS)C(=O)O. The van der Waals surface area contributed by atoms with Gasteiger partial charge in [0, 0.05) is 12.2 Å². The number of primary amides is 3. The van der Waals surface area contributed by atoms with Gasteiger partial charge >= 0.3 is 5.97 Å². The van der Waals surface area contributed by atoms with Crippen LogP contribution in [0.5, 0.6) is 0 Å². The molecule has 0 aliphatic heterocycles. The standard InChI is InChI=1S/C16H27N7O8S/c17-6(1-2-10(18)24)13(27)21-7(3-11(19)25)14(28)22-8(4-12(20)26)15(29)23-9(5-32)16(30)31/h6-9,32H,1-5,17H2,(H2,18,24)(H2,19,25)(H2,20,26)(H,21,27)(H,22,28)(H,23,29)(H,30,31). The minimum Gasteiger partial charge on any atom is -0.480 e. The minimum atomic E-state index is -1.63. The molecular weight excluding hydrogens is 450 g/mol. The van der Waals surface area contributed by atoms with Gasteiger partial charge in [0.05, 0.1) is 18.9 Å². The fourth-order valence-electron chi connectivity index (χ4n) is 2.26. The molecule has 32 heavy (non-hydrogen) atoms. The summed E-state index contributed by atoms with van der Waals surface area (Å²) >= 11 is 3.78. The van der Waals surface area contributed by atoms with Gasteiger partial charge in [0.15, 0.2) is 0 Å². The summed E-state index contributed by atoms with van der Waals surface area (Å²) in [7, 11) is 0. The van der Waals surface area contributed by atoms with E-state index in [9.17, 15) is 33.6 Å². The van der Waals surface area contributed by atoms with Crippen LogP contribution in [0.2, 0.25) is 0 Å². The van der Waals surface area contributed by atoms with Crippen molar-refractivity contribution < 1.29 is 38.7 Å². The van der Waals surface area contributed by atoms with E-state index in [-0.39, 0.29) is 18.6 Å². The van der Waals surface area contributed by atoms with Gasteiger partial charge in [0.25, 0.3) is 0 Å². The van der Waals surface area contributed by atoms with Crippen molar-refractivity contribution in [3.8, 4) is 0 Å². The Morgan fingerprint density at radius 2 is 1.12 bits per heavy atom. The van der Waals surface area contributed by atoms with Gasteiger partial charge in [-0.2, -0.15) is 12.6 Å². The molecule has 0 heterocycles. The number of nitrogens with one attached hydrogen (secondary N) is 3. The number of aliphatic carboxylic acids is 1. The van der Waals surface area contributed by atoms with Crippen molar-refractivity contribution in [2.24, 2.45) is 22.9 Å². The summed E-state index contributed by atoms with van der Waals surface area (Å²) < 4.78 is 0. The molecule has 15 nitrogen and oxygen atoms in total. The second-order valence-electron chi connectivity index (χ2n) is 6.66. The lowest BCUT2D eigenvalue weighted by molar-refractivity contribution is -0.142. The van der Waals surface area contributed by atoms with Crippen LogP contribution in [-0.2, 0) is 33.6 Å². The zero-order chi connectivity index (χ0) is 25.0. The Bertz CT molecular complexity index is 763. The van der Waals surface area contributed by atoms with Crippen LogP contribution in [0.4, 0.5) is 0 Å². The highest BCUT2D eigenvalue weighted by atomic mass is 32.1. The van der Waals surface area contributed by atoms with Gasteiger partial charge in [-0.1, -0.05) is 0 Å². The number of amides is 6. The summed E-state index contributed by atoms with van der Waals surface area (Å²) in [6.07, 6.45) is -1.76. The van der Waals surface area contributed by atoms with Crippen molar-refractivity contribution >= 4 is 54.0 Å². The van der Waals surface area contributed by atoms with E-state index in [0.29, 0.717) is 0 Å². The molecule has 6 amide bonds. The predicted molar refractivity (Wildman–Crippen MR) is 111 cm³/mol. The van der Waals surface area contributed by atoms with E-state index in [1.807, 2.05) is 0 Å². The Labute approximate surface area is 187 Å². The first-order valence-corrected chi connectivity index (χ1v) is 9.76. The molecule has 0 aromatic rings. The Morgan fingerprint density at radius 3 is 1.47 bits per heavy atom. The first-order valence-electron chi connectivity index (χ1n) is 9.13. The smallest absolute Gasteiger partial charge is 0.327 e. The number of carbonyl (C=O) groups excluding carboxylic acids is 6. The largest absolute Gasteiger partial charge is 0.480 e. The molecule has 0 aliphatic rings. The normalized spacial score (nSPS) is 14.2. The Kier molecular flexibility index (Phi) is 12.3. The van der Waals surface area contributed by atoms with Gasteiger partial charge < -0.3 is 44.0 Å². The Balaban J connectivity index is 5.43. The Morgan fingerprint density at radius 1 is 0.719 bits per heavy atom. The average Bonchev–Trinajstić information content (AvgIpc) is 2.67. The fraction of sp³-hybridized carbons (Fsp3) is 0.562. The van der Waals surface area contributed by atoms with Crippen molar-refractivity contribution in [2.45, 2.75) is 49.9 Å². The lowest BCUT2D eigenvalue weighted by Crippen LogP contribution is -2.58. The second kappa shape index (κ2) is 13.8. The van der Waals surface area contributed by atoms with E-state index in [2.05, 4.69) is 28.6 Å². The van der Waals surface area contributed by atoms with Gasteiger partial charge in [-0.3, -0.25) is 28.8 Å². The van der Waals surface area contributed by atoms with Gasteiger partial charge in [0.1, 0.15) is 18.1 Å². The summed E-state index contributed by atoms with van der Waals surface area (Å²) in [5.41, 5.74) is 20.7. The van der Waals surface area contributed by atoms with Crippen molar-refractivity contribution in [1.29, 1.82) is 0 Å². The first-order chi connectivity index (χ1) is 14.8. The zero-order valence-corrected chi connectivity index (χ0v) is 17.8. The van der Waals surface area contributed by atoms with Crippen molar-refractivity contribution in [2.75, 3.05) is 5.75 Å². The van der Waals surface area contributed by atoms with Gasteiger partial charge in [-0.05, 0) is 6.42 Å². The molecule has 4 atom stereocenters. The third kappa shape index (κ3) is 11.1. The second-order valence-corrected chi connectivity index (χ2v) is 7.02. The number of carboxylic acids is 1. The van der Waals surface area contributed by atoms with Crippen LogP contribution in [0.15, 0.2) is 0 Å². The molecule has 0 fully saturated rings. The van der Waals surface area contributed by atoms with Crippen LogP contribution in [0.3, 0.4) is 0 Å². The van der Waals surface area contributed by atoms with Crippen LogP contribution in [0.25, 0.3) is 0 Å². The van der Waals surface area contributed by atoms with Crippen LogP contribution in [0.1, 0.15) is 25.7 Å². The highest BCUT2D eigenvalue weighted by Gasteiger charge is 2.31. The molecule has 0 radical (unpaired) electrons. The summed E-state index contributed by atoms with van der Waals surface area (Å²) in [5, 5.41) is 15.3. The lowest BCUT2D eigenvalue weighted by Gasteiger charge is -2.24. The summed E-state index contributed by atoms with van der Waals surface area (Å²) in [4.78, 5) is 81.5. The van der Waals surface area contributed by atoms with E-state index >= 15 is 0 Å². The highest BCUT2D eigenvalue weighted by Crippen LogP contribution is 2.01. The van der Waals surface area contributed by atoms with Crippen LogP contribution < -0.4 is 38.9 Å². The summed E-state index contributed by atoms with van der Waals surface area (Å²) in [5.74, 6) is -7.49. The van der Waals surface area contributed by atoms with E-state index in [1.165, 1.54) is 0 Å². The Hall–Kier alpha value is -3.40. The quantitative estimate of drug-likeness (QED) is 0.102. The average molecular weight is 478 g/mol. The molecule has 0 spiro atoms. The summed E-state index contributed by atoms with van der Waals surface area (Å²) in [6.45, 7) is 0. The molecule has 16 heteroatoms. The van der Waals surface area contributed by atoms with Crippen molar-refractivity contribution in [1.82, 2.24) is 16.0 Å². The monoisotopic (exact) mass is 477 g/mol. The maximum absolute atomic E-state index is 12.6. The molecule has 0 aliphatic carbocycles. The van der Waals surface area contributed by atoms with Crippen LogP contribution >= 0.6 is 12.6 Å². The van der Waals surface area contributed by atoms with Crippen molar-refractivity contribution in [3.63, 3.8) is 0 Å². The maximum Gasteiger partial charge on any atom is 0.327 e. The van der Waals surface area contributed by atoms with Gasteiger partial charge in [-0.15, -0.1) is 0 Å². The molecule has 0 saturated heterocycles. The number of carbonyl (C=O) groups is 7. The first kappa shape index (κ1) is 28.6. The molecule has 0 aromatic heterocycles. The van der Waals surface area contributed by atoms with Gasteiger partial charge in [0.2, 0.25) is 35.4 Å². The van der Waals surface area contributed by atoms with Crippen LogP contribution in [-0.4, -0.2) is 76.4 Å². The highest BCUT2D eigenvalue weighted by molar-refractivity contribution is 7.80. The molecular formula is C16H27N7O8S. The zero-order valence-electron chi connectivity index (χ0n) is 16.9. The number of nitrogens with two attached hydrogens (primary N) is 4.